The fraction of sp³-hybridized carbons (Fsp3) is 0.524. The summed E-state index contributed by atoms with van der Waals surface area (Å²) < 4.78 is 69.6. The Morgan fingerprint density at radius 1 is 0.412 bits per heavy atom. The zero-order valence-electron chi connectivity index (χ0n) is 31.0. The molecule has 0 unspecified atom stereocenters. The zero-order valence-corrected chi connectivity index (χ0v) is 34.9. The molecule has 0 amide bonds. The fourth-order valence-corrected chi connectivity index (χ4v) is 8.15. The Balaban J connectivity index is 0.000000347. The summed E-state index contributed by atoms with van der Waals surface area (Å²) in [5.41, 5.74) is 1.33. The van der Waals surface area contributed by atoms with Crippen molar-refractivity contribution in [2.45, 2.75) is 152 Å². The molecule has 0 spiro atoms. The maximum atomic E-state index is 11.6. The number of aryl methyl sites for hydroxylation is 2. The van der Waals surface area contributed by atoms with Gasteiger partial charge >= 0.3 is 37.7 Å². The maximum Gasteiger partial charge on any atom is 2.00 e. The quantitative estimate of drug-likeness (QED) is 0.0447. The van der Waals surface area contributed by atoms with E-state index in [-0.39, 0.29) is 47.5 Å². The van der Waals surface area contributed by atoms with Gasteiger partial charge < -0.3 is 9.11 Å². The van der Waals surface area contributed by atoms with E-state index in [0.717, 1.165) is 47.2 Å². The Morgan fingerprint density at radius 3 is 0.941 bits per heavy atom. The second-order valence-electron chi connectivity index (χ2n) is 13.7. The summed E-state index contributed by atoms with van der Waals surface area (Å²) in [7, 11) is -8.87. The molecule has 4 aromatic carbocycles. The van der Waals surface area contributed by atoms with E-state index in [4.69, 9.17) is 0 Å². The Labute approximate surface area is 338 Å². The molecule has 0 radical (unpaired) electrons. The van der Waals surface area contributed by atoms with Crippen LogP contribution < -0.4 is 0 Å². The van der Waals surface area contributed by atoms with Crippen molar-refractivity contribution in [3.05, 3.63) is 83.9 Å². The van der Waals surface area contributed by atoms with Crippen LogP contribution in [-0.2, 0) is 33.1 Å². The van der Waals surface area contributed by atoms with Crippen molar-refractivity contribution in [3.8, 4) is 0 Å². The molecule has 9 heteroatoms. The third kappa shape index (κ3) is 17.0. The predicted octanol–water partition coefficient (Wildman–Crippen LogP) is 11.3. The van der Waals surface area contributed by atoms with E-state index in [1.807, 2.05) is 60.7 Å². The van der Waals surface area contributed by atoms with Crippen molar-refractivity contribution in [2.24, 2.45) is 0 Å². The summed E-state index contributed by atoms with van der Waals surface area (Å²) in [6.45, 7) is 4.45. The van der Waals surface area contributed by atoms with Crippen molar-refractivity contribution < 1.29 is 25.9 Å². The van der Waals surface area contributed by atoms with Gasteiger partial charge in [-0.15, -0.1) is 0 Å². The van der Waals surface area contributed by atoms with Crippen molar-refractivity contribution in [1.29, 1.82) is 0 Å². The smallest absolute Gasteiger partial charge is 0.744 e. The van der Waals surface area contributed by atoms with Crippen molar-refractivity contribution >= 4 is 79.5 Å². The van der Waals surface area contributed by atoms with Gasteiger partial charge in [0.15, 0.2) is 0 Å². The molecular formula is C42H58CaO6S2. The Kier molecular flexibility index (Phi) is 22.1. The number of unbranched alkanes of at least 4 members (excludes halogenated alkanes) is 16. The van der Waals surface area contributed by atoms with E-state index in [1.165, 1.54) is 102 Å². The van der Waals surface area contributed by atoms with Gasteiger partial charge in [-0.1, -0.05) is 165 Å². The summed E-state index contributed by atoms with van der Waals surface area (Å²) in [6.07, 6.45) is 23.2. The van der Waals surface area contributed by atoms with Gasteiger partial charge in [-0.3, -0.25) is 0 Å². The minimum Gasteiger partial charge on any atom is -0.744 e. The summed E-state index contributed by atoms with van der Waals surface area (Å²) in [5.74, 6) is 0. The van der Waals surface area contributed by atoms with Crippen molar-refractivity contribution in [2.75, 3.05) is 0 Å². The van der Waals surface area contributed by atoms with E-state index in [9.17, 15) is 25.9 Å². The van der Waals surface area contributed by atoms with Crippen LogP contribution >= 0.6 is 0 Å². The standard InChI is InChI=1S/2C21H30O3S.Ca/c2*1-2-3-4-5-6-7-8-9-10-15-20-16-18-13-11-12-14-19(18)17-21(20)25(22,23)24;/h2*11-14,16-17H,2-10,15H2,1H3,(H,22,23,24);/q;;+2/p-2. The SMILES string of the molecule is CCCCCCCCCCCc1cc2ccccc2cc1S(=O)(=O)[O-].CCCCCCCCCCCc1cc2ccccc2cc1S(=O)(=O)[O-].[Ca+2]. The molecular weight excluding hydrogens is 705 g/mol. The van der Waals surface area contributed by atoms with Gasteiger partial charge in [0.1, 0.15) is 20.2 Å². The molecule has 51 heavy (non-hydrogen) atoms. The molecule has 0 fully saturated rings. The largest absolute Gasteiger partial charge is 2.00 e. The topological polar surface area (TPSA) is 114 Å². The predicted molar refractivity (Wildman–Crippen MR) is 211 cm³/mol. The first kappa shape index (κ1) is 45.6. The molecule has 0 bridgehead atoms. The Bertz CT molecular complexity index is 1670. The molecule has 4 aromatic rings. The molecule has 0 saturated carbocycles. The van der Waals surface area contributed by atoms with Gasteiger partial charge in [0.05, 0.1) is 9.79 Å². The number of fused-ring (bicyclic) bond motifs is 2. The van der Waals surface area contributed by atoms with Gasteiger partial charge in [-0.25, -0.2) is 16.8 Å². The van der Waals surface area contributed by atoms with E-state index >= 15 is 0 Å². The molecule has 0 atom stereocenters. The average Bonchev–Trinajstić information content (AvgIpc) is 3.09. The maximum absolute atomic E-state index is 11.6. The van der Waals surface area contributed by atoms with Gasteiger partial charge in [0.2, 0.25) is 0 Å². The summed E-state index contributed by atoms with van der Waals surface area (Å²) in [5, 5.41) is 3.57. The first-order valence-corrected chi connectivity index (χ1v) is 21.8. The first-order chi connectivity index (χ1) is 24.0. The van der Waals surface area contributed by atoms with Crippen LogP contribution in [0.25, 0.3) is 21.5 Å². The second-order valence-corrected chi connectivity index (χ2v) is 16.4. The monoisotopic (exact) mass is 762 g/mol. The van der Waals surface area contributed by atoms with Crippen molar-refractivity contribution in [1.82, 2.24) is 0 Å². The van der Waals surface area contributed by atoms with E-state index in [1.54, 1.807) is 0 Å². The summed E-state index contributed by atoms with van der Waals surface area (Å²) in [4.78, 5) is -0.100. The Morgan fingerprint density at radius 2 is 0.667 bits per heavy atom. The number of hydrogen-bond acceptors (Lipinski definition) is 6. The molecule has 4 rings (SSSR count). The molecule has 0 aliphatic heterocycles. The van der Waals surface area contributed by atoms with Crippen LogP contribution in [-0.4, -0.2) is 63.7 Å². The fourth-order valence-electron chi connectivity index (χ4n) is 6.64. The minimum atomic E-state index is -4.44. The minimum absolute atomic E-state index is 0. The molecule has 0 saturated heterocycles. The molecule has 0 aliphatic rings. The van der Waals surface area contributed by atoms with Crippen LogP contribution in [0.15, 0.2) is 82.6 Å². The van der Waals surface area contributed by atoms with E-state index in [0.29, 0.717) is 24.0 Å². The van der Waals surface area contributed by atoms with Gasteiger partial charge in [0.25, 0.3) is 0 Å². The third-order valence-electron chi connectivity index (χ3n) is 9.50. The van der Waals surface area contributed by atoms with Crippen LogP contribution in [0, 0.1) is 0 Å². The summed E-state index contributed by atoms with van der Waals surface area (Å²) in [6, 6.07) is 21.9. The van der Waals surface area contributed by atoms with Crippen LogP contribution in [0.3, 0.4) is 0 Å². The normalized spacial score (nSPS) is 11.7. The molecule has 0 aliphatic carbocycles. The first-order valence-electron chi connectivity index (χ1n) is 19.0. The average molecular weight is 763 g/mol. The van der Waals surface area contributed by atoms with Crippen LogP contribution in [0.5, 0.6) is 0 Å². The van der Waals surface area contributed by atoms with Gasteiger partial charge in [0, 0.05) is 0 Å². The third-order valence-corrected chi connectivity index (χ3v) is 11.3. The van der Waals surface area contributed by atoms with E-state index < -0.39 is 20.2 Å². The molecule has 0 aromatic heterocycles. The molecule has 6 nitrogen and oxygen atoms in total. The van der Waals surface area contributed by atoms with E-state index in [2.05, 4.69) is 13.8 Å². The number of hydrogen-bond donors (Lipinski definition) is 0. The van der Waals surface area contributed by atoms with Crippen molar-refractivity contribution in [3.63, 3.8) is 0 Å². The number of rotatable bonds is 22. The van der Waals surface area contributed by atoms with Gasteiger partial charge in [-0.2, -0.15) is 0 Å². The zero-order chi connectivity index (χ0) is 36.2. The second kappa shape index (κ2) is 24.7. The molecule has 0 N–H and O–H groups in total. The molecule has 0 heterocycles. The van der Waals surface area contributed by atoms with Crippen LogP contribution in [0.1, 0.15) is 141 Å². The molecule has 276 valence electrons. The summed E-state index contributed by atoms with van der Waals surface area (Å²) >= 11 is 0. The van der Waals surface area contributed by atoms with Gasteiger partial charge in [-0.05, 0) is 82.6 Å². The van der Waals surface area contributed by atoms with Crippen LogP contribution in [0.4, 0.5) is 0 Å². The number of benzene rings is 4. The Hall–Kier alpha value is -1.52. The van der Waals surface area contributed by atoms with Crippen LogP contribution in [0.2, 0.25) is 0 Å².